The van der Waals surface area contributed by atoms with E-state index in [1.807, 2.05) is 11.8 Å². The molecular formula is C25H34N4O6S. The van der Waals surface area contributed by atoms with Gasteiger partial charge >= 0.3 is 0 Å². The lowest BCUT2D eigenvalue weighted by atomic mass is 9.96. The Kier molecular flexibility index (Phi) is 8.80. The molecule has 0 radical (unpaired) electrons. The van der Waals surface area contributed by atoms with Gasteiger partial charge in [-0.15, -0.1) is 0 Å². The van der Waals surface area contributed by atoms with Crippen molar-refractivity contribution in [3.8, 4) is 11.5 Å². The third-order valence-corrected chi connectivity index (χ3v) is 7.99. The Balaban J connectivity index is 1.98. The number of nitrogens with zero attached hydrogens (tertiary/aromatic N) is 1. The number of carbonyl (C=O) groups is 2. The molecule has 1 saturated heterocycles. The lowest BCUT2D eigenvalue weighted by Crippen LogP contribution is -2.40. The van der Waals surface area contributed by atoms with E-state index in [-0.39, 0.29) is 28.3 Å². The maximum absolute atomic E-state index is 13.4. The fraction of sp³-hybridized carbons (Fsp3) is 0.440. The Bertz CT molecular complexity index is 1190. The smallest absolute Gasteiger partial charge is 0.263 e. The van der Waals surface area contributed by atoms with E-state index in [1.54, 1.807) is 37.3 Å². The molecule has 0 unspecified atom stereocenters. The molecule has 0 spiro atoms. The van der Waals surface area contributed by atoms with E-state index in [0.29, 0.717) is 55.2 Å². The quantitative estimate of drug-likeness (QED) is 0.439. The highest BCUT2D eigenvalue weighted by molar-refractivity contribution is 7.89. The Morgan fingerprint density at radius 1 is 1.11 bits per heavy atom. The molecule has 0 bridgehead atoms. The van der Waals surface area contributed by atoms with E-state index in [0.717, 1.165) is 0 Å². The molecule has 1 fully saturated rings. The number of carbonyl (C=O) groups excluding carboxylic acids is 2. The van der Waals surface area contributed by atoms with Gasteiger partial charge in [-0.25, -0.2) is 13.1 Å². The summed E-state index contributed by atoms with van der Waals surface area (Å²) in [6, 6.07) is 9.47. The second-order valence-electron chi connectivity index (χ2n) is 8.77. The highest BCUT2D eigenvalue weighted by Crippen LogP contribution is 2.33. The number of hydrogen-bond donors (Lipinski definition) is 3. The van der Waals surface area contributed by atoms with Crippen LogP contribution in [0.4, 0.5) is 11.4 Å². The number of nitrogens with one attached hydrogen (secondary N) is 2. The van der Waals surface area contributed by atoms with Gasteiger partial charge in [0.2, 0.25) is 15.9 Å². The minimum Gasteiger partial charge on any atom is -0.496 e. The molecule has 1 aliphatic rings. The lowest BCUT2D eigenvalue weighted by molar-refractivity contribution is -0.122. The summed E-state index contributed by atoms with van der Waals surface area (Å²) in [5, 5.41) is 2.77. The average molecular weight is 519 g/mol. The van der Waals surface area contributed by atoms with Gasteiger partial charge in [0.1, 0.15) is 22.0 Å². The topological polar surface area (TPSA) is 140 Å². The van der Waals surface area contributed by atoms with Crippen LogP contribution < -0.4 is 30.1 Å². The number of nitrogens with two attached hydrogens (primary N) is 1. The Morgan fingerprint density at radius 2 is 1.72 bits per heavy atom. The minimum absolute atomic E-state index is 0.0464. The lowest BCUT2D eigenvalue weighted by Gasteiger charge is -2.33. The summed E-state index contributed by atoms with van der Waals surface area (Å²) in [6.45, 7) is 4.66. The van der Waals surface area contributed by atoms with E-state index >= 15 is 0 Å². The van der Waals surface area contributed by atoms with Crippen LogP contribution in [0.25, 0.3) is 0 Å². The summed E-state index contributed by atoms with van der Waals surface area (Å²) in [5.41, 5.74) is 6.45. The summed E-state index contributed by atoms with van der Waals surface area (Å²) in [6.07, 6.45) is 1.70. The Hall–Kier alpha value is -3.31. The molecule has 1 heterocycles. The summed E-state index contributed by atoms with van der Waals surface area (Å²) >= 11 is 0. The molecule has 0 saturated carbocycles. The maximum atomic E-state index is 13.4. The molecule has 1 atom stereocenters. The van der Waals surface area contributed by atoms with Crippen LogP contribution in [0.2, 0.25) is 0 Å². The standard InChI is InChI=1S/C25H34N4O6S/c1-5-16(2)28-36(32,33)22-15-18(9-10-19(22)29-13-11-17(12-14-29)24(26)30)27-25(31)23-20(34-3)7-6-8-21(23)35-4/h6-10,15-17,28H,5,11-14H2,1-4H3,(H2,26,30)(H,27,31)/t16-/m0/s1. The van der Waals surface area contributed by atoms with E-state index in [9.17, 15) is 18.0 Å². The Morgan fingerprint density at radius 3 is 2.25 bits per heavy atom. The number of primary amides is 1. The van der Waals surface area contributed by atoms with Gasteiger partial charge in [0.15, 0.2) is 0 Å². The number of ether oxygens (including phenoxy) is 2. The molecule has 1 aliphatic heterocycles. The summed E-state index contributed by atoms with van der Waals surface area (Å²) in [5.74, 6) is -0.420. The van der Waals surface area contributed by atoms with Gasteiger partial charge < -0.3 is 25.4 Å². The molecule has 3 rings (SSSR count). The van der Waals surface area contributed by atoms with Gasteiger partial charge in [0.25, 0.3) is 5.91 Å². The summed E-state index contributed by atoms with van der Waals surface area (Å²) in [4.78, 5) is 26.7. The first kappa shape index (κ1) is 27.3. The highest BCUT2D eigenvalue weighted by atomic mass is 32.2. The van der Waals surface area contributed by atoms with Gasteiger partial charge in [0.05, 0.1) is 19.9 Å². The second kappa shape index (κ2) is 11.6. The van der Waals surface area contributed by atoms with Crippen molar-refractivity contribution < 1.29 is 27.5 Å². The zero-order valence-electron chi connectivity index (χ0n) is 21.0. The molecule has 0 aliphatic carbocycles. The number of methoxy groups -OCH3 is 2. The zero-order chi connectivity index (χ0) is 26.5. The molecule has 196 valence electrons. The van der Waals surface area contributed by atoms with E-state index in [2.05, 4.69) is 10.0 Å². The van der Waals surface area contributed by atoms with Gasteiger partial charge in [-0.2, -0.15) is 0 Å². The van der Waals surface area contributed by atoms with Crippen molar-refractivity contribution in [3.05, 3.63) is 42.0 Å². The van der Waals surface area contributed by atoms with E-state index in [1.165, 1.54) is 20.3 Å². The number of benzene rings is 2. The van der Waals surface area contributed by atoms with E-state index in [4.69, 9.17) is 15.2 Å². The number of anilines is 2. The predicted octanol–water partition coefficient (Wildman–Crippen LogP) is 2.73. The first-order valence-corrected chi connectivity index (χ1v) is 13.3. The average Bonchev–Trinajstić information content (AvgIpc) is 2.87. The summed E-state index contributed by atoms with van der Waals surface area (Å²) in [7, 11) is -1.01. The van der Waals surface area contributed by atoms with Crippen LogP contribution in [0.15, 0.2) is 41.3 Å². The fourth-order valence-corrected chi connectivity index (χ4v) is 5.73. The van der Waals surface area contributed by atoms with Crippen molar-refractivity contribution in [2.45, 2.75) is 44.0 Å². The Labute approximate surface area is 212 Å². The van der Waals surface area contributed by atoms with Gasteiger partial charge in [-0.05, 0) is 56.5 Å². The molecular weight excluding hydrogens is 484 g/mol. The van der Waals surface area contributed by atoms with Crippen molar-refractivity contribution in [1.82, 2.24) is 4.72 Å². The van der Waals surface area contributed by atoms with Crippen LogP contribution in [0.1, 0.15) is 43.5 Å². The molecule has 2 aromatic rings. The van der Waals surface area contributed by atoms with Crippen LogP contribution >= 0.6 is 0 Å². The second-order valence-corrected chi connectivity index (χ2v) is 10.5. The van der Waals surface area contributed by atoms with Crippen LogP contribution in [0, 0.1) is 5.92 Å². The largest absolute Gasteiger partial charge is 0.496 e. The van der Waals surface area contributed by atoms with Crippen LogP contribution in [0.3, 0.4) is 0 Å². The third-order valence-electron chi connectivity index (χ3n) is 6.37. The predicted molar refractivity (Wildman–Crippen MR) is 138 cm³/mol. The van der Waals surface area contributed by atoms with Crippen molar-refractivity contribution in [2.24, 2.45) is 11.7 Å². The number of sulfonamides is 1. The van der Waals surface area contributed by atoms with E-state index < -0.39 is 15.9 Å². The van der Waals surface area contributed by atoms with Crippen molar-refractivity contribution in [1.29, 1.82) is 0 Å². The SMILES string of the molecule is CC[C@H](C)NS(=O)(=O)c1cc(NC(=O)c2c(OC)cccc2OC)ccc1N1CCC(C(N)=O)CC1. The first-order valence-electron chi connectivity index (χ1n) is 11.8. The molecule has 36 heavy (non-hydrogen) atoms. The highest BCUT2D eigenvalue weighted by Gasteiger charge is 2.29. The number of piperidine rings is 1. The van der Waals surface area contributed by atoms with Gasteiger partial charge in [-0.1, -0.05) is 13.0 Å². The van der Waals surface area contributed by atoms with Crippen molar-refractivity contribution >= 4 is 33.2 Å². The number of amides is 2. The monoisotopic (exact) mass is 518 g/mol. The fourth-order valence-electron chi connectivity index (χ4n) is 4.15. The first-order chi connectivity index (χ1) is 17.1. The molecule has 11 heteroatoms. The zero-order valence-corrected chi connectivity index (χ0v) is 21.9. The summed E-state index contributed by atoms with van der Waals surface area (Å²) < 4.78 is 40.1. The normalized spacial score (nSPS) is 15.3. The van der Waals surface area contributed by atoms with Crippen LogP contribution in [0.5, 0.6) is 11.5 Å². The molecule has 0 aromatic heterocycles. The van der Waals surface area contributed by atoms with Crippen LogP contribution in [-0.4, -0.2) is 53.6 Å². The van der Waals surface area contributed by atoms with Crippen LogP contribution in [-0.2, 0) is 14.8 Å². The molecule has 10 nitrogen and oxygen atoms in total. The number of rotatable bonds is 10. The molecule has 4 N–H and O–H groups in total. The van der Waals surface area contributed by atoms with Crippen molar-refractivity contribution in [2.75, 3.05) is 37.5 Å². The minimum atomic E-state index is -3.91. The molecule has 2 amide bonds. The van der Waals surface area contributed by atoms with Gasteiger partial charge in [0, 0.05) is 30.7 Å². The van der Waals surface area contributed by atoms with Gasteiger partial charge in [-0.3, -0.25) is 9.59 Å². The third kappa shape index (κ3) is 6.08. The number of hydrogen-bond acceptors (Lipinski definition) is 7. The maximum Gasteiger partial charge on any atom is 0.263 e. The van der Waals surface area contributed by atoms with Crippen molar-refractivity contribution in [3.63, 3.8) is 0 Å². The molecule has 2 aromatic carbocycles.